The molecule has 1 aliphatic rings. The Morgan fingerprint density at radius 2 is 1.88 bits per heavy atom. The van der Waals surface area contributed by atoms with Crippen LogP contribution in [0.3, 0.4) is 0 Å². The minimum absolute atomic E-state index is 0.300. The molecule has 2 heterocycles. The molecule has 1 aliphatic carbocycles. The van der Waals surface area contributed by atoms with Crippen LogP contribution in [0.1, 0.15) is 43.6 Å². The van der Waals surface area contributed by atoms with Crippen LogP contribution in [-0.2, 0) is 4.79 Å². The fraction of sp³-hybridized carbons (Fsp3) is 0.350. The van der Waals surface area contributed by atoms with Crippen molar-refractivity contribution in [2.45, 2.75) is 38.0 Å². The Labute approximate surface area is 151 Å². The van der Waals surface area contributed by atoms with Gasteiger partial charge in [-0.25, -0.2) is 9.97 Å². The van der Waals surface area contributed by atoms with Crippen molar-refractivity contribution in [3.63, 3.8) is 0 Å². The molecule has 0 radical (unpaired) electrons. The summed E-state index contributed by atoms with van der Waals surface area (Å²) >= 11 is 0. The zero-order valence-corrected chi connectivity index (χ0v) is 14.5. The molecule has 1 fully saturated rings. The van der Waals surface area contributed by atoms with E-state index in [1.807, 2.05) is 6.20 Å². The molecule has 134 valence electrons. The third kappa shape index (κ3) is 3.14. The van der Waals surface area contributed by atoms with Gasteiger partial charge in [-0.3, -0.25) is 9.20 Å². The number of aliphatic carboxylic acids is 1. The lowest BCUT2D eigenvalue weighted by molar-refractivity contribution is -0.138. The molecule has 0 saturated heterocycles. The highest BCUT2D eigenvalue weighted by Gasteiger charge is 2.24. The van der Waals surface area contributed by atoms with Crippen molar-refractivity contribution in [3.05, 3.63) is 48.4 Å². The Balaban J connectivity index is 1.50. The molecule has 6 heteroatoms. The van der Waals surface area contributed by atoms with Crippen molar-refractivity contribution in [2.75, 3.05) is 5.73 Å². The van der Waals surface area contributed by atoms with Crippen LogP contribution in [0.15, 0.2) is 42.9 Å². The second-order valence-corrected chi connectivity index (χ2v) is 7.09. The van der Waals surface area contributed by atoms with E-state index in [9.17, 15) is 4.79 Å². The zero-order valence-electron chi connectivity index (χ0n) is 14.5. The Morgan fingerprint density at radius 3 is 2.58 bits per heavy atom. The molecule has 3 aromatic rings. The molecule has 4 rings (SSSR count). The van der Waals surface area contributed by atoms with Crippen LogP contribution >= 0.6 is 0 Å². The molecule has 1 saturated carbocycles. The van der Waals surface area contributed by atoms with E-state index in [0.717, 1.165) is 36.8 Å². The maximum atomic E-state index is 10.9. The summed E-state index contributed by atoms with van der Waals surface area (Å²) in [6.07, 6.45) is 9.67. The van der Waals surface area contributed by atoms with Gasteiger partial charge >= 0.3 is 5.97 Å². The highest BCUT2D eigenvalue weighted by Crippen LogP contribution is 2.37. The van der Waals surface area contributed by atoms with Crippen molar-refractivity contribution < 1.29 is 9.90 Å². The molecule has 3 N–H and O–H groups in total. The van der Waals surface area contributed by atoms with Crippen LogP contribution in [0.25, 0.3) is 16.9 Å². The summed E-state index contributed by atoms with van der Waals surface area (Å²) in [5, 5.41) is 8.94. The normalized spacial score (nSPS) is 20.3. The molecule has 6 nitrogen and oxygen atoms in total. The highest BCUT2D eigenvalue weighted by molar-refractivity contribution is 5.74. The summed E-state index contributed by atoms with van der Waals surface area (Å²) in [5.41, 5.74) is 9.52. The molecule has 0 bridgehead atoms. The van der Waals surface area contributed by atoms with Crippen LogP contribution in [-0.4, -0.2) is 25.4 Å². The lowest BCUT2D eigenvalue weighted by atomic mass is 9.77. The second-order valence-electron chi connectivity index (χ2n) is 7.09. The number of hydrogen-bond donors (Lipinski definition) is 2. The van der Waals surface area contributed by atoms with Crippen molar-refractivity contribution in [2.24, 2.45) is 5.92 Å². The number of carboxylic acid groups (broad SMARTS) is 1. The first-order valence-corrected chi connectivity index (χ1v) is 9.01. The van der Waals surface area contributed by atoms with Crippen LogP contribution in [0.2, 0.25) is 0 Å². The number of nitrogen functional groups attached to an aromatic ring is 1. The van der Waals surface area contributed by atoms with Gasteiger partial charge in [0.2, 0.25) is 5.78 Å². The Hall–Kier alpha value is -2.89. The first-order valence-electron chi connectivity index (χ1n) is 9.01. The van der Waals surface area contributed by atoms with Gasteiger partial charge in [-0.1, -0.05) is 24.3 Å². The Bertz CT molecular complexity index is 925. The van der Waals surface area contributed by atoms with E-state index in [-0.39, 0.29) is 0 Å². The van der Waals surface area contributed by atoms with Gasteiger partial charge in [-0.05, 0) is 48.6 Å². The first-order chi connectivity index (χ1) is 12.6. The molecule has 26 heavy (non-hydrogen) atoms. The zero-order chi connectivity index (χ0) is 18.1. The van der Waals surface area contributed by atoms with Gasteiger partial charge in [0.15, 0.2) is 0 Å². The first kappa shape index (κ1) is 16.6. The summed E-state index contributed by atoms with van der Waals surface area (Å²) in [5.74, 6) is 1.39. The number of carbonyl (C=O) groups is 1. The maximum Gasteiger partial charge on any atom is 0.303 e. The van der Waals surface area contributed by atoms with Gasteiger partial charge in [0.25, 0.3) is 0 Å². The number of imidazole rings is 1. The van der Waals surface area contributed by atoms with Gasteiger partial charge in [0.1, 0.15) is 5.82 Å². The predicted octanol–water partition coefficient (Wildman–Crippen LogP) is 3.73. The maximum absolute atomic E-state index is 10.9. The number of hydrogen-bond acceptors (Lipinski definition) is 4. The van der Waals surface area contributed by atoms with E-state index in [0.29, 0.717) is 29.9 Å². The molecule has 0 spiro atoms. The fourth-order valence-corrected chi connectivity index (χ4v) is 4.00. The number of rotatable bonds is 4. The molecule has 1 aromatic carbocycles. The number of fused-ring (bicyclic) bond motifs is 1. The topological polar surface area (TPSA) is 93.5 Å². The van der Waals surface area contributed by atoms with Crippen molar-refractivity contribution in [1.29, 1.82) is 0 Å². The third-order valence-electron chi connectivity index (χ3n) is 5.47. The largest absolute Gasteiger partial charge is 0.481 e. The fourth-order valence-electron chi connectivity index (χ4n) is 4.00. The number of carboxylic acids is 1. The number of anilines is 1. The van der Waals surface area contributed by atoms with E-state index < -0.39 is 5.97 Å². The third-order valence-corrected chi connectivity index (χ3v) is 5.47. The van der Waals surface area contributed by atoms with Gasteiger partial charge in [-0.2, -0.15) is 0 Å². The molecular weight excluding hydrogens is 328 g/mol. The number of nitrogens with two attached hydrogens (primary N) is 1. The van der Waals surface area contributed by atoms with Crippen LogP contribution in [0, 0.1) is 5.92 Å². The molecule has 0 aliphatic heterocycles. The molecule has 0 amide bonds. The minimum atomic E-state index is -0.682. The van der Waals surface area contributed by atoms with Gasteiger partial charge in [0, 0.05) is 30.6 Å². The molecule has 2 aromatic heterocycles. The second kappa shape index (κ2) is 6.78. The predicted molar refractivity (Wildman–Crippen MR) is 99.8 cm³/mol. The van der Waals surface area contributed by atoms with Crippen LogP contribution < -0.4 is 5.73 Å². The van der Waals surface area contributed by atoms with Gasteiger partial charge in [-0.15, -0.1) is 0 Å². The van der Waals surface area contributed by atoms with E-state index in [1.54, 1.807) is 16.8 Å². The number of benzene rings is 1. The van der Waals surface area contributed by atoms with E-state index in [2.05, 4.69) is 34.2 Å². The summed E-state index contributed by atoms with van der Waals surface area (Å²) < 4.78 is 1.78. The van der Waals surface area contributed by atoms with E-state index in [4.69, 9.17) is 10.8 Å². The summed E-state index contributed by atoms with van der Waals surface area (Å²) in [6.45, 7) is 0. The van der Waals surface area contributed by atoms with Crippen LogP contribution in [0.5, 0.6) is 0 Å². The average Bonchev–Trinajstić information content (AvgIpc) is 3.12. The van der Waals surface area contributed by atoms with Crippen LogP contribution in [0.4, 0.5) is 5.82 Å². The van der Waals surface area contributed by atoms with Gasteiger partial charge < -0.3 is 10.8 Å². The SMILES string of the molecule is Nc1c(-c2ccc(C3CCC(CC(=O)O)CC3)cc2)cnc2nccn12. The van der Waals surface area contributed by atoms with Crippen molar-refractivity contribution in [3.8, 4) is 11.1 Å². The number of aromatic nitrogens is 3. The quantitative estimate of drug-likeness (QED) is 0.748. The van der Waals surface area contributed by atoms with Crippen molar-refractivity contribution >= 4 is 17.6 Å². The summed E-state index contributed by atoms with van der Waals surface area (Å²) in [6, 6.07) is 8.51. The minimum Gasteiger partial charge on any atom is -0.481 e. The Morgan fingerprint density at radius 1 is 1.15 bits per heavy atom. The lowest BCUT2D eigenvalue weighted by Crippen LogP contribution is -2.16. The lowest BCUT2D eigenvalue weighted by Gasteiger charge is -2.28. The van der Waals surface area contributed by atoms with E-state index in [1.165, 1.54) is 5.56 Å². The highest BCUT2D eigenvalue weighted by atomic mass is 16.4. The smallest absolute Gasteiger partial charge is 0.303 e. The van der Waals surface area contributed by atoms with Crippen molar-refractivity contribution in [1.82, 2.24) is 14.4 Å². The average molecular weight is 350 g/mol. The summed E-state index contributed by atoms with van der Waals surface area (Å²) in [7, 11) is 0. The summed E-state index contributed by atoms with van der Waals surface area (Å²) in [4.78, 5) is 19.4. The number of nitrogens with zero attached hydrogens (tertiary/aromatic N) is 3. The van der Waals surface area contributed by atoms with E-state index >= 15 is 0 Å². The Kier molecular flexibility index (Phi) is 4.32. The molecule has 0 atom stereocenters. The monoisotopic (exact) mass is 350 g/mol. The molecular formula is C20H22N4O2. The van der Waals surface area contributed by atoms with Gasteiger partial charge in [0.05, 0.1) is 0 Å². The standard InChI is InChI=1S/C20H22N4O2/c21-19-17(12-23-20-22-9-10-24(19)20)16-7-5-15(6-8-16)14-3-1-13(2-4-14)11-18(25)26/h5-10,12-14H,1-4,11,21H2,(H,25,26). The molecule has 0 unspecified atom stereocenters.